The van der Waals surface area contributed by atoms with Crippen LogP contribution in [0.2, 0.25) is 0 Å². The molecule has 1 aliphatic rings. The average molecular weight is 477 g/mol. The molecule has 2 N–H and O–H groups in total. The van der Waals surface area contributed by atoms with Crippen molar-refractivity contribution < 1.29 is 18.3 Å². The lowest BCUT2D eigenvalue weighted by atomic mass is 9.82. The summed E-state index contributed by atoms with van der Waals surface area (Å²) in [7, 11) is -3.81. The number of hydrogen-bond donors (Lipinski definition) is 2. The van der Waals surface area contributed by atoms with Crippen LogP contribution in [-0.4, -0.2) is 48.0 Å². The van der Waals surface area contributed by atoms with Crippen molar-refractivity contribution in [1.82, 2.24) is 9.62 Å². The van der Waals surface area contributed by atoms with Crippen molar-refractivity contribution in [2.24, 2.45) is 0 Å². The number of nitrogens with zero attached hydrogens (tertiary/aromatic N) is 1. The molecule has 0 spiro atoms. The summed E-state index contributed by atoms with van der Waals surface area (Å²) < 4.78 is 28.0. The van der Waals surface area contributed by atoms with E-state index in [1.165, 1.54) is 16.1 Å². The van der Waals surface area contributed by atoms with E-state index in [4.69, 9.17) is 0 Å². The summed E-state index contributed by atoms with van der Waals surface area (Å²) in [6.45, 7) is 6.56. The van der Waals surface area contributed by atoms with Gasteiger partial charge in [0.15, 0.2) is 0 Å². The number of carbonyl (C=O) groups is 1. The van der Waals surface area contributed by atoms with E-state index in [2.05, 4.69) is 26.1 Å². The van der Waals surface area contributed by atoms with Gasteiger partial charge in [-0.25, -0.2) is 8.42 Å². The number of nitrogens with one attached hydrogen (secondary N) is 1. The average Bonchev–Trinajstić information content (AvgIpc) is 3.30. The first-order valence-corrected chi connectivity index (χ1v) is 13.4. The highest BCUT2D eigenvalue weighted by atomic mass is 32.2. The third-order valence-corrected chi connectivity index (χ3v) is 9.35. The zero-order valence-electron chi connectivity index (χ0n) is 18.8. The molecule has 0 radical (unpaired) electrons. The molecule has 1 fully saturated rings. The zero-order valence-corrected chi connectivity index (χ0v) is 20.5. The van der Waals surface area contributed by atoms with E-state index in [0.717, 1.165) is 17.5 Å². The van der Waals surface area contributed by atoms with Gasteiger partial charge in [0, 0.05) is 18.9 Å². The van der Waals surface area contributed by atoms with Gasteiger partial charge < -0.3 is 10.4 Å². The molecule has 32 heavy (non-hydrogen) atoms. The topological polar surface area (TPSA) is 86.7 Å². The number of amides is 1. The Bertz CT molecular complexity index is 1010. The third-order valence-electron chi connectivity index (χ3n) is 6.14. The Kier molecular flexibility index (Phi) is 8.03. The van der Waals surface area contributed by atoms with Gasteiger partial charge in [0.05, 0.1) is 10.9 Å². The van der Waals surface area contributed by atoms with Crippen molar-refractivity contribution in [1.29, 1.82) is 0 Å². The van der Waals surface area contributed by atoms with Gasteiger partial charge in [-0.1, -0.05) is 63.2 Å². The molecular weight excluding hydrogens is 444 g/mol. The summed E-state index contributed by atoms with van der Waals surface area (Å²) in [5.41, 5.74) is 1.92. The lowest BCUT2D eigenvalue weighted by Gasteiger charge is -2.26. The van der Waals surface area contributed by atoms with Gasteiger partial charge in [-0.05, 0) is 41.5 Å². The van der Waals surface area contributed by atoms with Crippen LogP contribution in [0, 0.1) is 0 Å². The Morgan fingerprint density at radius 1 is 1.19 bits per heavy atom. The van der Waals surface area contributed by atoms with Gasteiger partial charge >= 0.3 is 0 Å². The molecular formula is C24H32N2O4S2. The van der Waals surface area contributed by atoms with E-state index >= 15 is 0 Å². The van der Waals surface area contributed by atoms with Crippen molar-refractivity contribution in [3.05, 3.63) is 65.7 Å². The van der Waals surface area contributed by atoms with Gasteiger partial charge in [-0.2, -0.15) is 4.31 Å². The molecule has 1 heterocycles. The third kappa shape index (κ3) is 5.36. The highest BCUT2D eigenvalue weighted by Crippen LogP contribution is 2.33. The predicted octanol–water partition coefficient (Wildman–Crippen LogP) is 3.68. The van der Waals surface area contributed by atoms with Crippen LogP contribution in [0.25, 0.3) is 0 Å². The summed E-state index contributed by atoms with van der Waals surface area (Å²) in [6, 6.07) is 16.0. The maximum Gasteiger partial charge on any atom is 0.249 e. The van der Waals surface area contributed by atoms with E-state index in [9.17, 15) is 18.3 Å². The summed E-state index contributed by atoms with van der Waals surface area (Å²) in [6.07, 6.45) is 1.30. The molecule has 1 amide bonds. The first-order valence-electron chi connectivity index (χ1n) is 10.9. The van der Waals surface area contributed by atoms with Crippen molar-refractivity contribution in [2.45, 2.75) is 55.3 Å². The summed E-state index contributed by atoms with van der Waals surface area (Å²) in [4.78, 5) is 13.3. The molecule has 174 valence electrons. The van der Waals surface area contributed by atoms with Crippen LogP contribution in [0.5, 0.6) is 0 Å². The van der Waals surface area contributed by atoms with Crippen LogP contribution in [0.4, 0.5) is 0 Å². The smallest absolute Gasteiger partial charge is 0.249 e. The Balaban J connectivity index is 1.79. The fourth-order valence-electron chi connectivity index (χ4n) is 3.70. The molecule has 0 aliphatic carbocycles. The van der Waals surface area contributed by atoms with Gasteiger partial charge in [0.2, 0.25) is 15.9 Å². The molecule has 2 atom stereocenters. The molecule has 0 aromatic heterocycles. The number of carbonyl (C=O) groups excluding carboxylic acids is 1. The van der Waals surface area contributed by atoms with Crippen LogP contribution < -0.4 is 5.32 Å². The minimum absolute atomic E-state index is 0.0344. The summed E-state index contributed by atoms with van der Waals surface area (Å²) >= 11 is 1.32. The molecule has 1 saturated heterocycles. The highest BCUT2D eigenvalue weighted by molar-refractivity contribution is 8.02. The molecule has 0 unspecified atom stereocenters. The molecule has 8 heteroatoms. The lowest BCUT2D eigenvalue weighted by Crippen LogP contribution is -2.45. The van der Waals surface area contributed by atoms with Crippen LogP contribution in [-0.2, 0) is 20.2 Å². The van der Waals surface area contributed by atoms with Crippen LogP contribution in [0.15, 0.2) is 59.5 Å². The Labute approximate surface area is 195 Å². The number of benzene rings is 2. The molecule has 2 aromatic carbocycles. The van der Waals surface area contributed by atoms with E-state index < -0.39 is 15.4 Å². The Hall–Kier alpha value is -1.87. The van der Waals surface area contributed by atoms with E-state index in [1.807, 2.05) is 42.5 Å². The Morgan fingerprint density at radius 3 is 2.44 bits per heavy atom. The van der Waals surface area contributed by atoms with Gasteiger partial charge in [-0.15, -0.1) is 11.8 Å². The van der Waals surface area contributed by atoms with Gasteiger partial charge in [0.1, 0.15) is 5.37 Å². The number of aliphatic hydroxyl groups excluding tert-OH is 1. The fraction of sp³-hybridized carbons (Fsp3) is 0.458. The first kappa shape index (κ1) is 24.8. The van der Waals surface area contributed by atoms with Crippen molar-refractivity contribution in [3.8, 4) is 0 Å². The van der Waals surface area contributed by atoms with Crippen LogP contribution >= 0.6 is 11.8 Å². The molecule has 3 rings (SSSR count). The highest BCUT2D eigenvalue weighted by Gasteiger charge is 2.40. The van der Waals surface area contributed by atoms with E-state index in [1.54, 1.807) is 12.1 Å². The molecule has 1 aliphatic heterocycles. The van der Waals surface area contributed by atoms with Crippen LogP contribution in [0.3, 0.4) is 0 Å². The largest absolute Gasteiger partial charge is 0.396 e. The number of sulfonamides is 1. The number of aliphatic hydroxyl groups is 1. The van der Waals surface area contributed by atoms with Crippen molar-refractivity contribution in [3.63, 3.8) is 0 Å². The number of rotatable bonds is 9. The van der Waals surface area contributed by atoms with Gasteiger partial charge in [0.25, 0.3) is 0 Å². The normalized spacial score (nSPS) is 18.4. The minimum atomic E-state index is -3.81. The SMILES string of the molecule is CCC(C)(C)c1ccc(S(=O)(=O)N2CCS[C@H]2C(=O)N[C@@H](CCO)c2ccccc2)cc1. The fourth-order valence-corrected chi connectivity index (χ4v) is 6.79. The number of hydrogen-bond acceptors (Lipinski definition) is 5. The maximum absolute atomic E-state index is 13.4. The second-order valence-corrected chi connectivity index (χ2v) is 11.7. The summed E-state index contributed by atoms with van der Waals surface area (Å²) in [5.74, 6) is 0.191. The zero-order chi connectivity index (χ0) is 23.4. The number of thioether (sulfide) groups is 1. The summed E-state index contributed by atoms with van der Waals surface area (Å²) in [5, 5.41) is 11.5. The first-order chi connectivity index (χ1) is 15.2. The quantitative estimate of drug-likeness (QED) is 0.577. The molecule has 6 nitrogen and oxygen atoms in total. The molecule has 0 saturated carbocycles. The second-order valence-electron chi connectivity index (χ2n) is 8.58. The van der Waals surface area contributed by atoms with Crippen LogP contribution in [0.1, 0.15) is 50.8 Å². The predicted molar refractivity (Wildman–Crippen MR) is 129 cm³/mol. The Morgan fingerprint density at radius 2 is 1.84 bits per heavy atom. The minimum Gasteiger partial charge on any atom is -0.396 e. The molecule has 0 bridgehead atoms. The van der Waals surface area contributed by atoms with Crippen molar-refractivity contribution in [2.75, 3.05) is 18.9 Å². The molecule has 2 aromatic rings. The second kappa shape index (κ2) is 10.4. The van der Waals surface area contributed by atoms with Crippen molar-refractivity contribution >= 4 is 27.7 Å². The monoisotopic (exact) mass is 476 g/mol. The lowest BCUT2D eigenvalue weighted by molar-refractivity contribution is -0.123. The standard InChI is InChI=1S/C24H32N2O4S2/c1-4-24(2,3)19-10-12-20(13-11-19)32(29,30)26-15-17-31-23(26)22(28)25-21(14-16-27)18-8-6-5-7-9-18/h5-13,21,23,27H,4,14-17H2,1-3H3,(H,25,28)/t21-,23-/m0/s1. The van der Waals surface area contributed by atoms with Gasteiger partial charge in [-0.3, -0.25) is 4.79 Å². The maximum atomic E-state index is 13.4. The van der Waals surface area contributed by atoms with E-state index in [-0.39, 0.29) is 35.4 Å². The van der Waals surface area contributed by atoms with E-state index in [0.29, 0.717) is 12.2 Å².